The van der Waals surface area contributed by atoms with E-state index in [1.807, 2.05) is 17.0 Å². The Kier molecular flexibility index (Phi) is 4.45. The molecule has 2 heterocycles. The number of nitrogens with zero attached hydrogens (tertiary/aromatic N) is 2. The summed E-state index contributed by atoms with van der Waals surface area (Å²) < 4.78 is 13.1. The molecule has 0 bridgehead atoms. The first-order valence-corrected chi connectivity index (χ1v) is 9.07. The molecule has 0 aliphatic carbocycles. The van der Waals surface area contributed by atoms with Gasteiger partial charge < -0.3 is 9.80 Å². The number of benzene rings is 2. The van der Waals surface area contributed by atoms with E-state index in [2.05, 4.69) is 0 Å². The lowest BCUT2D eigenvalue weighted by Gasteiger charge is -2.19. The van der Waals surface area contributed by atoms with Gasteiger partial charge in [0, 0.05) is 43.2 Å². The van der Waals surface area contributed by atoms with Gasteiger partial charge in [0.25, 0.3) is 5.91 Å². The number of carbonyl (C=O) groups excluding carboxylic acids is 2. The van der Waals surface area contributed by atoms with E-state index < -0.39 is 0 Å². The van der Waals surface area contributed by atoms with Gasteiger partial charge in [0.1, 0.15) is 5.82 Å². The number of hydrogen-bond acceptors (Lipinski definition) is 2. The Morgan fingerprint density at radius 3 is 2.38 bits per heavy atom. The van der Waals surface area contributed by atoms with Gasteiger partial charge in [-0.3, -0.25) is 9.59 Å². The Morgan fingerprint density at radius 1 is 1.00 bits per heavy atom. The van der Waals surface area contributed by atoms with Crippen LogP contribution in [-0.2, 0) is 4.79 Å². The summed E-state index contributed by atoms with van der Waals surface area (Å²) in [6, 6.07) is 13.8. The maximum Gasteiger partial charge on any atom is 0.253 e. The quantitative estimate of drug-likeness (QED) is 0.847. The first-order valence-electron chi connectivity index (χ1n) is 9.07. The lowest BCUT2D eigenvalue weighted by molar-refractivity contribution is -0.117. The predicted molar refractivity (Wildman–Crippen MR) is 97.7 cm³/mol. The van der Waals surface area contributed by atoms with Gasteiger partial charge in [0.15, 0.2) is 0 Å². The third-order valence-corrected chi connectivity index (χ3v) is 5.32. The number of anilines is 1. The van der Waals surface area contributed by atoms with Crippen molar-refractivity contribution < 1.29 is 14.0 Å². The molecule has 2 aromatic rings. The number of hydrogen-bond donors (Lipinski definition) is 0. The lowest BCUT2D eigenvalue weighted by atomic mass is 9.98. The molecule has 5 heteroatoms. The number of likely N-dealkylation sites (tertiary alicyclic amines) is 1. The van der Waals surface area contributed by atoms with Crippen molar-refractivity contribution in [2.45, 2.75) is 25.2 Å². The number of carbonyl (C=O) groups is 2. The number of amides is 2. The molecule has 134 valence electrons. The van der Waals surface area contributed by atoms with Crippen LogP contribution >= 0.6 is 0 Å². The summed E-state index contributed by atoms with van der Waals surface area (Å²) in [4.78, 5) is 28.2. The molecule has 2 saturated heterocycles. The molecular weight excluding hydrogens is 331 g/mol. The van der Waals surface area contributed by atoms with Crippen LogP contribution in [0.4, 0.5) is 10.1 Å². The third kappa shape index (κ3) is 3.21. The smallest absolute Gasteiger partial charge is 0.253 e. The van der Waals surface area contributed by atoms with Crippen molar-refractivity contribution >= 4 is 17.5 Å². The van der Waals surface area contributed by atoms with Crippen molar-refractivity contribution in [1.29, 1.82) is 0 Å². The van der Waals surface area contributed by atoms with E-state index in [4.69, 9.17) is 0 Å². The van der Waals surface area contributed by atoms with E-state index in [0.29, 0.717) is 25.1 Å². The molecule has 0 radical (unpaired) electrons. The highest BCUT2D eigenvalue weighted by atomic mass is 19.1. The second-order valence-corrected chi connectivity index (χ2v) is 6.98. The third-order valence-electron chi connectivity index (χ3n) is 5.32. The van der Waals surface area contributed by atoms with Gasteiger partial charge in [-0.15, -0.1) is 0 Å². The fourth-order valence-corrected chi connectivity index (χ4v) is 3.84. The summed E-state index contributed by atoms with van der Waals surface area (Å²) >= 11 is 0. The van der Waals surface area contributed by atoms with Crippen LogP contribution in [0.25, 0.3) is 0 Å². The normalized spacial score (nSPS) is 20.0. The highest BCUT2D eigenvalue weighted by Crippen LogP contribution is 2.29. The fourth-order valence-electron chi connectivity index (χ4n) is 3.84. The zero-order valence-corrected chi connectivity index (χ0v) is 14.5. The highest BCUT2D eigenvalue weighted by Gasteiger charge is 2.28. The molecule has 2 fully saturated rings. The Bertz CT molecular complexity index is 817. The number of rotatable bonds is 3. The monoisotopic (exact) mass is 352 g/mol. The maximum atomic E-state index is 13.1. The molecule has 0 saturated carbocycles. The molecule has 26 heavy (non-hydrogen) atoms. The lowest BCUT2D eigenvalue weighted by Crippen LogP contribution is -2.28. The summed E-state index contributed by atoms with van der Waals surface area (Å²) in [7, 11) is 0. The van der Waals surface area contributed by atoms with Crippen molar-refractivity contribution in [2.24, 2.45) is 0 Å². The molecule has 2 aliphatic heterocycles. The van der Waals surface area contributed by atoms with Gasteiger partial charge >= 0.3 is 0 Å². The molecule has 0 aromatic heterocycles. The molecule has 4 rings (SSSR count). The first-order chi connectivity index (χ1) is 12.6. The zero-order valence-electron chi connectivity index (χ0n) is 14.5. The molecule has 2 aromatic carbocycles. The average molecular weight is 352 g/mol. The summed E-state index contributed by atoms with van der Waals surface area (Å²) in [5.74, 6) is 0.164. The predicted octanol–water partition coefficient (Wildman–Crippen LogP) is 3.58. The van der Waals surface area contributed by atoms with Crippen LogP contribution in [-0.4, -0.2) is 36.3 Å². The van der Waals surface area contributed by atoms with E-state index >= 15 is 0 Å². The van der Waals surface area contributed by atoms with E-state index in [1.54, 1.807) is 29.2 Å². The fraction of sp³-hybridized carbons (Fsp3) is 0.333. The Balaban J connectivity index is 1.43. The zero-order chi connectivity index (χ0) is 18.1. The minimum Gasteiger partial charge on any atom is -0.338 e. The van der Waals surface area contributed by atoms with Crippen molar-refractivity contribution in [3.63, 3.8) is 0 Å². The van der Waals surface area contributed by atoms with Gasteiger partial charge in [0.2, 0.25) is 5.91 Å². The van der Waals surface area contributed by atoms with Crippen LogP contribution in [0.3, 0.4) is 0 Å². The van der Waals surface area contributed by atoms with Crippen LogP contribution < -0.4 is 4.90 Å². The van der Waals surface area contributed by atoms with Crippen LogP contribution in [0.2, 0.25) is 0 Å². The second kappa shape index (κ2) is 6.90. The summed E-state index contributed by atoms with van der Waals surface area (Å²) in [5, 5.41) is 0. The Morgan fingerprint density at radius 2 is 1.73 bits per heavy atom. The molecule has 1 atom stereocenters. The van der Waals surface area contributed by atoms with Gasteiger partial charge in [-0.2, -0.15) is 0 Å². The van der Waals surface area contributed by atoms with E-state index in [0.717, 1.165) is 30.6 Å². The maximum absolute atomic E-state index is 13.1. The minimum absolute atomic E-state index is 0.00825. The second-order valence-electron chi connectivity index (χ2n) is 6.98. The topological polar surface area (TPSA) is 40.6 Å². The molecule has 0 spiro atoms. The largest absolute Gasteiger partial charge is 0.338 e. The molecule has 2 aliphatic rings. The first kappa shape index (κ1) is 16.8. The van der Waals surface area contributed by atoms with Crippen molar-refractivity contribution in [2.75, 3.05) is 24.5 Å². The SMILES string of the molecule is O=C(c1ccc(N2CCCC2=O)cc1)N1CC[C@H](c2ccc(F)cc2)C1. The van der Waals surface area contributed by atoms with Gasteiger partial charge in [0.05, 0.1) is 0 Å². The molecular formula is C21H21FN2O2. The Labute approximate surface area is 152 Å². The van der Waals surface area contributed by atoms with E-state index in [9.17, 15) is 14.0 Å². The van der Waals surface area contributed by atoms with Gasteiger partial charge in [-0.1, -0.05) is 12.1 Å². The van der Waals surface area contributed by atoms with Crippen LogP contribution in [0.1, 0.15) is 41.1 Å². The van der Waals surface area contributed by atoms with E-state index in [1.165, 1.54) is 12.1 Å². The van der Waals surface area contributed by atoms with Crippen molar-refractivity contribution in [3.8, 4) is 0 Å². The van der Waals surface area contributed by atoms with Gasteiger partial charge in [-0.05, 0) is 54.8 Å². The average Bonchev–Trinajstić information content (AvgIpc) is 3.31. The van der Waals surface area contributed by atoms with Crippen molar-refractivity contribution in [3.05, 3.63) is 65.5 Å². The molecule has 0 unspecified atom stereocenters. The highest BCUT2D eigenvalue weighted by molar-refractivity contribution is 5.97. The van der Waals surface area contributed by atoms with Crippen molar-refractivity contribution in [1.82, 2.24) is 4.90 Å². The molecule has 0 N–H and O–H groups in total. The summed E-state index contributed by atoms with van der Waals surface area (Å²) in [6.45, 7) is 2.10. The molecule has 4 nitrogen and oxygen atoms in total. The van der Waals surface area contributed by atoms with Crippen LogP contribution in [0.15, 0.2) is 48.5 Å². The summed E-state index contributed by atoms with van der Waals surface area (Å²) in [6.07, 6.45) is 2.37. The minimum atomic E-state index is -0.240. The number of halogens is 1. The molecule has 2 amide bonds. The Hall–Kier alpha value is -2.69. The van der Waals surface area contributed by atoms with Gasteiger partial charge in [-0.25, -0.2) is 4.39 Å². The summed E-state index contributed by atoms with van der Waals surface area (Å²) in [5.41, 5.74) is 2.57. The van der Waals surface area contributed by atoms with Crippen LogP contribution in [0, 0.1) is 5.82 Å². The van der Waals surface area contributed by atoms with E-state index in [-0.39, 0.29) is 23.5 Å². The van der Waals surface area contributed by atoms with Crippen LogP contribution in [0.5, 0.6) is 0 Å². The standard InChI is InChI=1S/C21H21FN2O2/c22-18-7-3-15(4-8-18)17-11-13-23(14-17)21(26)16-5-9-19(10-6-16)24-12-1-2-20(24)25/h3-10,17H,1-2,11-14H2/t17-/m0/s1.